The van der Waals surface area contributed by atoms with E-state index in [1.807, 2.05) is 23.9 Å². The third-order valence-corrected chi connectivity index (χ3v) is 4.79. The van der Waals surface area contributed by atoms with E-state index in [1.165, 1.54) is 26.4 Å². The monoisotopic (exact) mass is 305 g/mol. The third kappa shape index (κ3) is 5.43. The minimum atomic E-state index is -3.38. The Morgan fingerprint density at radius 2 is 1.75 bits per heavy atom. The lowest BCUT2D eigenvalue weighted by Crippen LogP contribution is -2.28. The molecule has 1 saturated heterocycles. The quantitative estimate of drug-likeness (QED) is 0.484. The molecule has 0 aromatic heterocycles. The minimum absolute atomic E-state index is 0.430. The van der Waals surface area contributed by atoms with Gasteiger partial charge in [-0.25, -0.2) is 4.57 Å². The maximum Gasteiger partial charge on any atom is 0.456 e. The van der Waals surface area contributed by atoms with Crippen molar-refractivity contribution in [2.75, 3.05) is 40.9 Å². The van der Waals surface area contributed by atoms with Crippen LogP contribution >= 0.6 is 7.75 Å². The fourth-order valence-electron chi connectivity index (χ4n) is 2.06. The highest BCUT2D eigenvalue weighted by Crippen LogP contribution is 2.49. The molecule has 0 N–H and O–H groups in total. The van der Waals surface area contributed by atoms with Gasteiger partial charge in [-0.3, -0.25) is 9.05 Å². The molecule has 1 atom stereocenters. The predicted octanol–water partition coefficient (Wildman–Crippen LogP) is 2.96. The lowest BCUT2D eigenvalue weighted by Gasteiger charge is -2.19. The lowest BCUT2D eigenvalue weighted by atomic mass is 10.2. The Labute approximate surface area is 122 Å². The number of likely N-dealkylation sites (N-methyl/N-ethyl adjacent to an activating group) is 2. The summed E-state index contributed by atoms with van der Waals surface area (Å²) < 4.78 is 27.1. The average molecular weight is 305 g/mol. The van der Waals surface area contributed by atoms with Crippen LogP contribution in [0.2, 0.25) is 0 Å². The third-order valence-electron chi connectivity index (χ3n) is 3.40. The van der Waals surface area contributed by atoms with Crippen molar-refractivity contribution in [1.82, 2.24) is 9.80 Å². The van der Waals surface area contributed by atoms with Crippen molar-refractivity contribution in [2.45, 2.75) is 39.0 Å². The van der Waals surface area contributed by atoms with Crippen LogP contribution < -0.4 is 0 Å². The second-order valence-electron chi connectivity index (χ2n) is 5.14. The van der Waals surface area contributed by atoms with Crippen molar-refractivity contribution >= 4 is 13.7 Å². The van der Waals surface area contributed by atoms with Gasteiger partial charge in [0, 0.05) is 34.3 Å². The van der Waals surface area contributed by atoms with Crippen LogP contribution in [-0.4, -0.2) is 56.7 Å². The normalized spacial score (nSPS) is 18.5. The number of rotatable bonds is 9. The number of unbranched alkanes of at least 4 members (excludes halogenated alkanes) is 4. The van der Waals surface area contributed by atoms with E-state index < -0.39 is 7.75 Å². The van der Waals surface area contributed by atoms with Crippen LogP contribution in [0.5, 0.6) is 0 Å². The van der Waals surface area contributed by atoms with Crippen molar-refractivity contribution in [3.8, 4) is 0 Å². The van der Waals surface area contributed by atoms with Gasteiger partial charge in [-0.15, -0.1) is 4.76 Å². The van der Waals surface area contributed by atoms with Crippen LogP contribution in [0.15, 0.2) is 4.76 Å². The summed E-state index contributed by atoms with van der Waals surface area (Å²) in [7, 11) is 1.86. The molecule has 0 aliphatic carbocycles. The standard InChI is InChI=1S/C13H28N3O3P/c1-5-6-7-8-9-12-19-20(17,18-4)14-13-15(2)10-11-16(13)3/h5-12H2,1-4H3. The first-order valence-electron chi connectivity index (χ1n) is 7.35. The van der Waals surface area contributed by atoms with Gasteiger partial charge in [-0.2, -0.15) is 0 Å². The molecule has 1 aliphatic rings. The largest absolute Gasteiger partial charge is 0.456 e. The summed E-state index contributed by atoms with van der Waals surface area (Å²) in [6, 6.07) is 0. The molecule has 20 heavy (non-hydrogen) atoms. The Hall–Kier alpha value is -0.580. The van der Waals surface area contributed by atoms with Crippen molar-refractivity contribution < 1.29 is 13.6 Å². The number of guanidine groups is 1. The summed E-state index contributed by atoms with van der Waals surface area (Å²) in [6.07, 6.45) is 5.62. The molecule has 118 valence electrons. The molecule has 0 aromatic carbocycles. The molecule has 1 aliphatic heterocycles. The molecular formula is C13H28N3O3P. The predicted molar refractivity (Wildman–Crippen MR) is 82.0 cm³/mol. The molecule has 6 nitrogen and oxygen atoms in total. The van der Waals surface area contributed by atoms with E-state index in [4.69, 9.17) is 9.05 Å². The van der Waals surface area contributed by atoms with Gasteiger partial charge in [0.15, 0.2) is 0 Å². The zero-order chi connectivity index (χ0) is 15.0. The molecule has 1 fully saturated rings. The van der Waals surface area contributed by atoms with Crippen molar-refractivity contribution in [2.24, 2.45) is 4.76 Å². The van der Waals surface area contributed by atoms with Gasteiger partial charge in [0.25, 0.3) is 0 Å². The molecule has 0 aromatic rings. The average Bonchev–Trinajstić information content (AvgIpc) is 2.74. The maximum atomic E-state index is 12.4. The molecule has 1 unspecified atom stereocenters. The number of nitrogens with zero attached hydrogens (tertiary/aromatic N) is 3. The van der Waals surface area contributed by atoms with E-state index in [1.54, 1.807) is 0 Å². The summed E-state index contributed by atoms with van der Waals surface area (Å²) in [5.74, 6) is 0.668. The molecule has 0 spiro atoms. The fraction of sp³-hybridized carbons (Fsp3) is 0.923. The highest BCUT2D eigenvalue weighted by atomic mass is 31.2. The van der Waals surface area contributed by atoms with Crippen LogP contribution in [0.3, 0.4) is 0 Å². The fourth-order valence-corrected chi connectivity index (χ4v) is 3.19. The first-order valence-corrected chi connectivity index (χ1v) is 8.84. The Kier molecular flexibility index (Phi) is 7.56. The molecule has 0 amide bonds. The lowest BCUT2D eigenvalue weighted by molar-refractivity contribution is 0.229. The molecule has 1 heterocycles. The molecule has 0 saturated carbocycles. The van der Waals surface area contributed by atoms with Gasteiger partial charge in [0.1, 0.15) is 0 Å². The van der Waals surface area contributed by atoms with Gasteiger partial charge in [0.2, 0.25) is 5.96 Å². The van der Waals surface area contributed by atoms with Gasteiger partial charge in [-0.1, -0.05) is 32.6 Å². The van der Waals surface area contributed by atoms with Crippen molar-refractivity contribution in [1.29, 1.82) is 0 Å². The van der Waals surface area contributed by atoms with E-state index in [2.05, 4.69) is 11.7 Å². The van der Waals surface area contributed by atoms with E-state index in [9.17, 15) is 4.57 Å². The minimum Gasteiger partial charge on any atom is -0.344 e. The molecule has 0 radical (unpaired) electrons. The Morgan fingerprint density at radius 3 is 2.30 bits per heavy atom. The zero-order valence-corrected chi connectivity index (χ0v) is 14.1. The van der Waals surface area contributed by atoms with Gasteiger partial charge in [0.05, 0.1) is 6.61 Å². The number of hydrogen-bond acceptors (Lipinski definition) is 3. The van der Waals surface area contributed by atoms with E-state index in [0.29, 0.717) is 12.6 Å². The van der Waals surface area contributed by atoms with Crippen molar-refractivity contribution in [3.05, 3.63) is 0 Å². The van der Waals surface area contributed by atoms with Gasteiger partial charge < -0.3 is 9.80 Å². The number of hydrogen-bond donors (Lipinski definition) is 0. The van der Waals surface area contributed by atoms with E-state index in [-0.39, 0.29) is 0 Å². The molecule has 7 heteroatoms. The topological polar surface area (TPSA) is 54.4 Å². The first-order chi connectivity index (χ1) is 9.52. The van der Waals surface area contributed by atoms with Gasteiger partial charge >= 0.3 is 7.75 Å². The Morgan fingerprint density at radius 1 is 1.15 bits per heavy atom. The first kappa shape index (κ1) is 17.5. The maximum absolute atomic E-state index is 12.4. The highest BCUT2D eigenvalue weighted by molar-refractivity contribution is 7.52. The second kappa shape index (κ2) is 8.65. The Bertz CT molecular complexity index is 351. The summed E-state index contributed by atoms with van der Waals surface area (Å²) in [5, 5.41) is 0. The molecule has 0 bridgehead atoms. The second-order valence-corrected chi connectivity index (χ2v) is 6.90. The van der Waals surface area contributed by atoms with Gasteiger partial charge in [-0.05, 0) is 6.42 Å². The summed E-state index contributed by atoms with van der Waals surface area (Å²) in [6.45, 7) is 4.35. The zero-order valence-electron chi connectivity index (χ0n) is 13.2. The molecule has 1 rings (SSSR count). The van der Waals surface area contributed by atoms with E-state index >= 15 is 0 Å². The van der Waals surface area contributed by atoms with Crippen molar-refractivity contribution in [3.63, 3.8) is 0 Å². The molecular weight excluding hydrogens is 277 g/mol. The van der Waals surface area contributed by atoms with Crippen LogP contribution in [0, 0.1) is 0 Å². The summed E-state index contributed by atoms with van der Waals surface area (Å²) >= 11 is 0. The van der Waals surface area contributed by atoms with Crippen LogP contribution in [0.4, 0.5) is 0 Å². The van der Waals surface area contributed by atoms with Crippen LogP contribution in [0.25, 0.3) is 0 Å². The van der Waals surface area contributed by atoms with Crippen LogP contribution in [0.1, 0.15) is 39.0 Å². The summed E-state index contributed by atoms with van der Waals surface area (Å²) in [5.41, 5.74) is 0. The smallest absolute Gasteiger partial charge is 0.344 e. The van der Waals surface area contributed by atoms with E-state index in [0.717, 1.165) is 25.9 Å². The SMILES string of the molecule is CCCCCCCOP(=O)(N=C1N(C)CCN1C)OC. The van der Waals surface area contributed by atoms with Crippen LogP contribution in [-0.2, 0) is 13.6 Å². The highest BCUT2D eigenvalue weighted by Gasteiger charge is 2.28. The summed E-state index contributed by atoms with van der Waals surface area (Å²) in [4.78, 5) is 3.91. The Balaban J connectivity index is 2.46.